The van der Waals surface area contributed by atoms with E-state index in [0.717, 1.165) is 19.3 Å². The van der Waals surface area contributed by atoms with Gasteiger partial charge in [-0.05, 0) is 49.6 Å². The van der Waals surface area contributed by atoms with E-state index in [0.29, 0.717) is 12.5 Å². The van der Waals surface area contributed by atoms with E-state index in [4.69, 9.17) is 9.47 Å². The van der Waals surface area contributed by atoms with Crippen molar-refractivity contribution in [3.05, 3.63) is 12.3 Å². The van der Waals surface area contributed by atoms with Crippen LogP contribution in [0.25, 0.3) is 0 Å². The first-order valence-corrected chi connectivity index (χ1v) is 15.1. The maximum Gasteiger partial charge on any atom is 0.243 e. The second-order valence-electron chi connectivity index (χ2n) is 12.1. The Morgan fingerprint density at radius 3 is 2.20 bits per heavy atom. The molecule has 1 aliphatic heterocycles. The molecule has 0 radical (unpaired) electrons. The van der Waals surface area contributed by atoms with Crippen molar-refractivity contribution in [1.82, 2.24) is 20.4 Å². The van der Waals surface area contributed by atoms with Gasteiger partial charge in [0.1, 0.15) is 6.04 Å². The van der Waals surface area contributed by atoms with Crippen molar-refractivity contribution in [2.24, 2.45) is 23.7 Å². The summed E-state index contributed by atoms with van der Waals surface area (Å²) in [5.74, 6) is 0.347. The van der Waals surface area contributed by atoms with Crippen molar-refractivity contribution in [3.63, 3.8) is 0 Å². The largest absolute Gasteiger partial charge is 0.380 e. The molecule has 1 heterocycles. The Hall–Kier alpha value is -2.13. The summed E-state index contributed by atoms with van der Waals surface area (Å²) in [6, 6.07) is -0.720. The number of allylic oxidation sites excluding steroid dienone is 1. The van der Waals surface area contributed by atoms with E-state index in [2.05, 4.69) is 52.2 Å². The summed E-state index contributed by atoms with van der Waals surface area (Å²) in [5, 5.41) is 6.00. The van der Waals surface area contributed by atoms with Crippen LogP contribution in [0.1, 0.15) is 81.1 Å². The van der Waals surface area contributed by atoms with Gasteiger partial charge in [-0.2, -0.15) is 0 Å². The summed E-state index contributed by atoms with van der Waals surface area (Å²) in [4.78, 5) is 43.6. The normalized spacial score (nSPS) is 20.3. The molecule has 1 rings (SSSR count). The Labute approximate surface area is 243 Å². The van der Waals surface area contributed by atoms with Gasteiger partial charge in [0.2, 0.25) is 17.7 Å². The molecule has 0 saturated carbocycles. The highest BCUT2D eigenvalue weighted by atomic mass is 16.5. The number of nitrogens with one attached hydrogen (secondary N) is 2. The van der Waals surface area contributed by atoms with Gasteiger partial charge < -0.3 is 29.9 Å². The quantitative estimate of drug-likeness (QED) is 0.278. The highest BCUT2D eigenvalue weighted by Gasteiger charge is 2.40. The van der Waals surface area contributed by atoms with Crippen molar-refractivity contribution in [2.75, 3.05) is 34.4 Å². The van der Waals surface area contributed by atoms with E-state index in [1.54, 1.807) is 32.4 Å². The molecule has 0 aromatic carbocycles. The minimum atomic E-state index is -0.474. The zero-order valence-corrected chi connectivity index (χ0v) is 27.0. The molecule has 232 valence electrons. The molecule has 1 aliphatic rings. The van der Waals surface area contributed by atoms with Gasteiger partial charge in [-0.3, -0.25) is 14.4 Å². The third-order valence-electron chi connectivity index (χ3n) is 8.77. The summed E-state index contributed by atoms with van der Waals surface area (Å²) in [5.41, 5.74) is 0. The molecule has 2 N–H and O–H groups in total. The lowest BCUT2D eigenvalue weighted by molar-refractivity contribution is -0.144. The molecule has 0 aromatic rings. The molecule has 3 amide bonds. The highest BCUT2D eigenvalue weighted by Crippen LogP contribution is 2.28. The monoisotopic (exact) mass is 566 g/mol. The van der Waals surface area contributed by atoms with Crippen molar-refractivity contribution >= 4 is 17.7 Å². The number of ether oxygens (including phenoxy) is 2. The molecule has 9 heteroatoms. The maximum atomic E-state index is 13.6. The molecule has 9 nitrogen and oxygen atoms in total. The number of amides is 3. The number of carbonyl (C=O) groups excluding carboxylic acids is 3. The molecular formula is C31H58N4O5. The number of likely N-dealkylation sites (N-methyl/N-ethyl adjacent to an activating group) is 1. The lowest BCUT2D eigenvalue weighted by Gasteiger charge is -2.39. The van der Waals surface area contributed by atoms with E-state index in [1.165, 1.54) is 0 Å². The smallest absolute Gasteiger partial charge is 0.243 e. The minimum Gasteiger partial charge on any atom is -0.380 e. The second-order valence-corrected chi connectivity index (χ2v) is 12.1. The molecule has 0 bridgehead atoms. The van der Waals surface area contributed by atoms with Crippen LogP contribution in [0.15, 0.2) is 12.3 Å². The molecular weight excluding hydrogens is 508 g/mol. The molecule has 7 atom stereocenters. The fourth-order valence-corrected chi connectivity index (χ4v) is 5.80. The maximum absolute atomic E-state index is 13.6. The van der Waals surface area contributed by atoms with Gasteiger partial charge in [0.25, 0.3) is 0 Å². The molecule has 0 aliphatic carbocycles. The van der Waals surface area contributed by atoms with E-state index in [-0.39, 0.29) is 66.6 Å². The van der Waals surface area contributed by atoms with Crippen LogP contribution in [-0.4, -0.2) is 92.2 Å². The number of hydrogen-bond acceptors (Lipinski definition) is 6. The summed E-state index contributed by atoms with van der Waals surface area (Å²) in [6.45, 7) is 17.0. The third kappa shape index (κ3) is 9.75. The Morgan fingerprint density at radius 2 is 1.70 bits per heavy atom. The Kier molecular flexibility index (Phi) is 15.8. The fraction of sp³-hybridized carbons (Fsp3) is 0.839. The number of methoxy groups -OCH3 is 2. The van der Waals surface area contributed by atoms with Gasteiger partial charge in [0.15, 0.2) is 0 Å². The zero-order chi connectivity index (χ0) is 30.6. The molecule has 0 aromatic heterocycles. The van der Waals surface area contributed by atoms with Crippen LogP contribution in [0, 0.1) is 23.7 Å². The molecule has 0 spiro atoms. The van der Waals surface area contributed by atoms with Crippen molar-refractivity contribution in [1.29, 1.82) is 0 Å². The number of nitrogens with zero attached hydrogens (tertiary/aromatic N) is 2. The SMILES string of the molecule is CC=CNC(C(=O)NCC(=O)N(C)C(C(C)CC)C(CC(=O)N1CCCC1C(OC)C(C)C)OC)C(C)C(C)C. The van der Waals surface area contributed by atoms with Crippen LogP contribution in [-0.2, 0) is 23.9 Å². The van der Waals surface area contributed by atoms with E-state index < -0.39 is 12.1 Å². The van der Waals surface area contributed by atoms with Crippen molar-refractivity contribution < 1.29 is 23.9 Å². The summed E-state index contributed by atoms with van der Waals surface area (Å²) < 4.78 is 11.7. The average molecular weight is 567 g/mol. The van der Waals surface area contributed by atoms with Crippen LogP contribution in [0.4, 0.5) is 0 Å². The minimum absolute atomic E-state index is 0.0183. The zero-order valence-electron chi connectivity index (χ0n) is 27.0. The molecule has 1 saturated heterocycles. The van der Waals surface area contributed by atoms with Crippen molar-refractivity contribution in [2.45, 2.75) is 111 Å². The molecule has 1 fully saturated rings. The number of rotatable bonds is 17. The predicted octanol–water partition coefficient (Wildman–Crippen LogP) is 3.83. The van der Waals surface area contributed by atoms with E-state index in [1.807, 2.05) is 24.8 Å². The van der Waals surface area contributed by atoms with Crippen LogP contribution in [0.2, 0.25) is 0 Å². The van der Waals surface area contributed by atoms with E-state index >= 15 is 0 Å². The number of hydrogen-bond donors (Lipinski definition) is 2. The first-order chi connectivity index (χ1) is 18.9. The summed E-state index contributed by atoms with van der Waals surface area (Å²) >= 11 is 0. The Bertz CT molecular complexity index is 818. The van der Waals surface area contributed by atoms with Gasteiger partial charge in [-0.25, -0.2) is 0 Å². The molecule has 40 heavy (non-hydrogen) atoms. The van der Waals surface area contributed by atoms with Gasteiger partial charge in [-0.15, -0.1) is 0 Å². The Morgan fingerprint density at radius 1 is 1.05 bits per heavy atom. The number of likely N-dealkylation sites (tertiary alicyclic amines) is 1. The fourth-order valence-electron chi connectivity index (χ4n) is 5.80. The van der Waals surface area contributed by atoms with Gasteiger partial charge in [0, 0.05) is 27.8 Å². The third-order valence-corrected chi connectivity index (χ3v) is 8.77. The lowest BCUT2D eigenvalue weighted by atomic mass is 9.89. The van der Waals surface area contributed by atoms with E-state index in [9.17, 15) is 14.4 Å². The average Bonchev–Trinajstić information content (AvgIpc) is 3.40. The summed E-state index contributed by atoms with van der Waals surface area (Å²) in [6.07, 6.45) is 5.99. The highest BCUT2D eigenvalue weighted by molar-refractivity contribution is 5.88. The van der Waals surface area contributed by atoms with Gasteiger partial charge >= 0.3 is 0 Å². The predicted molar refractivity (Wildman–Crippen MR) is 161 cm³/mol. The van der Waals surface area contributed by atoms with Crippen molar-refractivity contribution in [3.8, 4) is 0 Å². The van der Waals surface area contributed by atoms with Crippen LogP contribution >= 0.6 is 0 Å². The first kappa shape index (κ1) is 35.9. The first-order valence-electron chi connectivity index (χ1n) is 15.1. The topological polar surface area (TPSA) is 100 Å². The van der Waals surface area contributed by atoms with Gasteiger partial charge in [-0.1, -0.05) is 61.0 Å². The number of carbonyl (C=O) groups is 3. The second kappa shape index (κ2) is 17.6. The molecule has 7 unspecified atom stereocenters. The lowest BCUT2D eigenvalue weighted by Crippen LogP contribution is -2.55. The van der Waals surface area contributed by atoms with Crippen LogP contribution in [0.5, 0.6) is 0 Å². The Balaban J connectivity index is 3.02. The van der Waals surface area contributed by atoms with Crippen LogP contribution < -0.4 is 10.6 Å². The van der Waals surface area contributed by atoms with Gasteiger partial charge in [0.05, 0.1) is 37.3 Å². The van der Waals surface area contributed by atoms with Crippen LogP contribution in [0.3, 0.4) is 0 Å². The standard InChI is InChI=1S/C31H58N4O5/c1-12-16-32-28(23(8)20(3)4)31(38)33-19-27(37)34(9)29(22(7)13-2)25(39-10)18-26(36)35-17-14-15-24(35)30(40-11)21(5)6/h12,16,20-25,28-30,32H,13-15,17-19H2,1-11H3,(H,33,38). The summed E-state index contributed by atoms with van der Waals surface area (Å²) in [7, 11) is 5.06.